The van der Waals surface area contributed by atoms with Gasteiger partial charge in [-0.3, -0.25) is 24.5 Å². The number of benzene rings is 1. The van der Waals surface area contributed by atoms with Gasteiger partial charge in [0.25, 0.3) is 0 Å². The molecule has 0 unspecified atom stereocenters. The van der Waals surface area contributed by atoms with Gasteiger partial charge in [-0.05, 0) is 43.0 Å². The number of fused-ring (bicyclic) bond motifs is 1. The maximum absolute atomic E-state index is 12.9. The molecule has 29 heavy (non-hydrogen) atoms. The van der Waals surface area contributed by atoms with Crippen LogP contribution in [0.2, 0.25) is 0 Å². The van der Waals surface area contributed by atoms with Gasteiger partial charge >= 0.3 is 11.8 Å². The first kappa shape index (κ1) is 18.6. The molecule has 3 aromatic rings. The molecule has 0 radical (unpaired) electrons. The zero-order valence-electron chi connectivity index (χ0n) is 15.6. The lowest BCUT2D eigenvalue weighted by Crippen LogP contribution is -2.44. The van der Waals surface area contributed by atoms with Gasteiger partial charge in [0.1, 0.15) is 0 Å². The summed E-state index contributed by atoms with van der Waals surface area (Å²) in [4.78, 5) is 42.2. The molecule has 4 rings (SSSR count). The topological polar surface area (TPSA) is 134 Å². The van der Waals surface area contributed by atoms with E-state index in [1.54, 1.807) is 11.1 Å². The molecule has 3 heterocycles. The lowest BCUT2D eigenvalue weighted by molar-refractivity contribution is -0.145. The number of pyridine rings is 1. The summed E-state index contributed by atoms with van der Waals surface area (Å²) in [5.41, 5.74) is 7.51. The van der Waals surface area contributed by atoms with Crippen molar-refractivity contribution in [2.75, 3.05) is 11.9 Å². The zero-order chi connectivity index (χ0) is 20.4. The van der Waals surface area contributed by atoms with Gasteiger partial charge in [-0.15, -0.1) is 0 Å². The molecule has 1 aliphatic heterocycles. The third-order valence-electron chi connectivity index (χ3n) is 5.09. The number of rotatable bonds is 3. The molecule has 0 aliphatic carbocycles. The fourth-order valence-corrected chi connectivity index (χ4v) is 3.65. The van der Waals surface area contributed by atoms with Crippen molar-refractivity contribution in [3.63, 3.8) is 0 Å². The second-order valence-electron chi connectivity index (χ2n) is 7.01. The first-order valence-corrected chi connectivity index (χ1v) is 9.33. The van der Waals surface area contributed by atoms with Crippen molar-refractivity contribution in [3.05, 3.63) is 54.0 Å². The molecule has 3 amide bonds. The maximum Gasteiger partial charge on any atom is 0.313 e. The van der Waals surface area contributed by atoms with Crippen molar-refractivity contribution in [2.24, 2.45) is 5.73 Å². The molecular weight excluding hydrogens is 372 g/mol. The molecule has 1 fully saturated rings. The summed E-state index contributed by atoms with van der Waals surface area (Å²) in [7, 11) is 0. The number of piperidine rings is 1. The smallest absolute Gasteiger partial charge is 0.313 e. The summed E-state index contributed by atoms with van der Waals surface area (Å²) >= 11 is 0. The molecule has 0 saturated carbocycles. The molecule has 1 saturated heterocycles. The van der Waals surface area contributed by atoms with Gasteiger partial charge in [-0.25, -0.2) is 0 Å². The van der Waals surface area contributed by atoms with Crippen LogP contribution >= 0.6 is 0 Å². The Balaban J connectivity index is 1.54. The Morgan fingerprint density at radius 1 is 1.14 bits per heavy atom. The number of hydrogen-bond donors (Lipinski definition) is 3. The van der Waals surface area contributed by atoms with Crippen LogP contribution in [-0.4, -0.2) is 44.3 Å². The fraction of sp³-hybridized carbons (Fsp3) is 0.250. The van der Waals surface area contributed by atoms with Crippen molar-refractivity contribution in [1.82, 2.24) is 20.1 Å². The summed E-state index contributed by atoms with van der Waals surface area (Å²) in [6.45, 7) is 0.500. The number of carbonyl (C=O) groups excluding carboxylic acids is 3. The van der Waals surface area contributed by atoms with E-state index >= 15 is 0 Å². The molecule has 9 nitrogen and oxygen atoms in total. The van der Waals surface area contributed by atoms with Gasteiger partial charge in [0.15, 0.2) is 0 Å². The van der Waals surface area contributed by atoms with E-state index in [-0.39, 0.29) is 17.3 Å². The number of likely N-dealkylation sites (tertiary alicyclic amines) is 1. The monoisotopic (exact) mass is 392 g/mol. The van der Waals surface area contributed by atoms with Crippen LogP contribution in [0.5, 0.6) is 0 Å². The van der Waals surface area contributed by atoms with Gasteiger partial charge in [0, 0.05) is 18.1 Å². The quantitative estimate of drug-likeness (QED) is 0.584. The Kier molecular flexibility index (Phi) is 4.94. The van der Waals surface area contributed by atoms with Crippen LogP contribution in [0.3, 0.4) is 0 Å². The zero-order valence-corrected chi connectivity index (χ0v) is 15.6. The molecule has 4 N–H and O–H groups in total. The molecule has 1 aromatic carbocycles. The van der Waals surface area contributed by atoms with Crippen LogP contribution in [-0.2, 0) is 9.59 Å². The van der Waals surface area contributed by atoms with Crippen LogP contribution < -0.4 is 11.1 Å². The summed E-state index contributed by atoms with van der Waals surface area (Å²) in [6, 6.07) is 7.08. The standard InChI is InChI=1S/C20H20N6O3/c21-18(27)14-8-15(11-22-9-14)24-19(28)20(29)26-6-2-1-3-17(26)12-4-5-16-13(7-12)10-23-25-16/h4-5,7-11,17H,1-3,6H2,(H2,21,27)(H,23,25)(H,24,28)/t17-/m0/s1. The summed E-state index contributed by atoms with van der Waals surface area (Å²) in [6.07, 6.45) is 6.98. The molecule has 1 aliphatic rings. The minimum atomic E-state index is -0.773. The Hall–Kier alpha value is -3.75. The van der Waals surface area contributed by atoms with E-state index in [1.807, 2.05) is 18.2 Å². The molecule has 0 bridgehead atoms. The minimum Gasteiger partial charge on any atom is -0.366 e. The Morgan fingerprint density at radius 3 is 2.83 bits per heavy atom. The number of nitrogens with two attached hydrogens (primary N) is 1. The molecule has 0 spiro atoms. The minimum absolute atomic E-state index is 0.152. The predicted molar refractivity (Wildman–Crippen MR) is 106 cm³/mol. The number of nitrogens with zero attached hydrogens (tertiary/aromatic N) is 3. The van der Waals surface area contributed by atoms with Gasteiger partial charge in [-0.1, -0.05) is 6.07 Å². The number of aromatic nitrogens is 3. The van der Waals surface area contributed by atoms with E-state index in [4.69, 9.17) is 5.73 Å². The van der Waals surface area contributed by atoms with E-state index in [0.29, 0.717) is 6.54 Å². The number of aromatic amines is 1. The highest BCUT2D eigenvalue weighted by atomic mass is 16.2. The second kappa shape index (κ2) is 7.70. The lowest BCUT2D eigenvalue weighted by atomic mass is 9.94. The summed E-state index contributed by atoms with van der Waals surface area (Å²) in [5.74, 6) is -2.05. The highest BCUT2D eigenvalue weighted by Gasteiger charge is 2.32. The summed E-state index contributed by atoms with van der Waals surface area (Å²) < 4.78 is 0. The van der Waals surface area contributed by atoms with Crippen molar-refractivity contribution in [2.45, 2.75) is 25.3 Å². The van der Waals surface area contributed by atoms with E-state index < -0.39 is 17.7 Å². The van der Waals surface area contributed by atoms with E-state index in [9.17, 15) is 14.4 Å². The molecule has 2 aromatic heterocycles. The Bertz CT molecular complexity index is 1090. The van der Waals surface area contributed by atoms with Crippen molar-refractivity contribution in [1.29, 1.82) is 0 Å². The average Bonchev–Trinajstić information content (AvgIpc) is 3.21. The number of carbonyl (C=O) groups is 3. The van der Waals surface area contributed by atoms with E-state index in [0.717, 1.165) is 35.7 Å². The molecular formula is C20H20N6O3. The highest BCUT2D eigenvalue weighted by molar-refractivity contribution is 6.39. The van der Waals surface area contributed by atoms with Crippen molar-refractivity contribution >= 4 is 34.3 Å². The fourth-order valence-electron chi connectivity index (χ4n) is 3.65. The Morgan fingerprint density at radius 2 is 2.00 bits per heavy atom. The number of primary amides is 1. The van der Waals surface area contributed by atoms with Crippen LogP contribution in [0, 0.1) is 0 Å². The average molecular weight is 392 g/mol. The normalized spacial score (nSPS) is 16.6. The van der Waals surface area contributed by atoms with Crippen molar-refractivity contribution < 1.29 is 14.4 Å². The molecule has 1 atom stereocenters. The number of nitrogens with one attached hydrogen (secondary N) is 2. The number of anilines is 1. The van der Waals surface area contributed by atoms with Gasteiger partial charge in [0.2, 0.25) is 5.91 Å². The van der Waals surface area contributed by atoms with Crippen molar-refractivity contribution in [3.8, 4) is 0 Å². The van der Waals surface area contributed by atoms with E-state index in [2.05, 4.69) is 20.5 Å². The van der Waals surface area contributed by atoms with Crippen LogP contribution in [0.25, 0.3) is 10.9 Å². The van der Waals surface area contributed by atoms with Crippen LogP contribution in [0.1, 0.15) is 41.2 Å². The number of hydrogen-bond acceptors (Lipinski definition) is 5. The van der Waals surface area contributed by atoms with Gasteiger partial charge in [-0.2, -0.15) is 5.10 Å². The third-order valence-corrected chi connectivity index (χ3v) is 5.09. The predicted octanol–water partition coefficient (Wildman–Crippen LogP) is 1.75. The molecule has 148 valence electrons. The second-order valence-corrected chi connectivity index (χ2v) is 7.01. The Labute approximate surface area is 166 Å². The lowest BCUT2D eigenvalue weighted by Gasteiger charge is -2.35. The van der Waals surface area contributed by atoms with Gasteiger partial charge in [0.05, 0.1) is 35.2 Å². The van der Waals surface area contributed by atoms with Crippen LogP contribution in [0.4, 0.5) is 5.69 Å². The van der Waals surface area contributed by atoms with Gasteiger partial charge < -0.3 is 16.0 Å². The largest absolute Gasteiger partial charge is 0.366 e. The highest BCUT2D eigenvalue weighted by Crippen LogP contribution is 2.32. The maximum atomic E-state index is 12.9. The summed E-state index contributed by atoms with van der Waals surface area (Å²) in [5, 5.41) is 10.4. The SMILES string of the molecule is NC(=O)c1cncc(NC(=O)C(=O)N2CCCC[C@H]2c2ccc3[nH]ncc3c2)c1. The number of H-pyrrole nitrogens is 1. The third kappa shape index (κ3) is 3.79. The van der Waals surface area contributed by atoms with E-state index in [1.165, 1.54) is 18.5 Å². The first-order valence-electron chi connectivity index (χ1n) is 9.33. The van der Waals surface area contributed by atoms with Crippen LogP contribution in [0.15, 0.2) is 42.9 Å². The first-order chi connectivity index (χ1) is 14.0. The number of amides is 3. The molecule has 9 heteroatoms.